The summed E-state index contributed by atoms with van der Waals surface area (Å²) in [4.78, 5) is 22.5. The van der Waals surface area contributed by atoms with Crippen LogP contribution in [0.3, 0.4) is 0 Å². The highest BCUT2D eigenvalue weighted by Crippen LogP contribution is 2.26. The maximum Gasteiger partial charge on any atom is 0.318 e. The van der Waals surface area contributed by atoms with Crippen LogP contribution in [0.1, 0.15) is 13.8 Å². The molecule has 2 aromatic rings. The Balaban J connectivity index is 2.21. The van der Waals surface area contributed by atoms with E-state index in [9.17, 15) is 9.59 Å². The molecule has 3 amide bonds. The molecule has 1 atom stereocenters. The van der Waals surface area contributed by atoms with Crippen molar-refractivity contribution in [3.8, 4) is 11.4 Å². The Hall–Kier alpha value is -2.35. The van der Waals surface area contributed by atoms with Gasteiger partial charge in [-0.2, -0.15) is 0 Å². The summed E-state index contributed by atoms with van der Waals surface area (Å²) < 4.78 is 1.92. The Morgan fingerprint density at radius 3 is 2.59 bits per heavy atom. The van der Waals surface area contributed by atoms with Crippen molar-refractivity contribution in [2.45, 2.75) is 30.8 Å². The average Bonchev–Trinajstić information content (AvgIpc) is 2.90. The summed E-state index contributed by atoms with van der Waals surface area (Å²) in [6.07, 6.45) is 0. The normalized spacial score (nSPS) is 11.9. The van der Waals surface area contributed by atoms with Crippen LogP contribution in [0.4, 0.5) is 4.79 Å². The summed E-state index contributed by atoms with van der Waals surface area (Å²) in [5.74, 6) is 0.289. The van der Waals surface area contributed by atoms with Crippen molar-refractivity contribution in [3.63, 3.8) is 0 Å². The number of nitrogens with two attached hydrogens (primary N) is 1. The fraction of sp³-hybridized carbons (Fsp3) is 0.286. The van der Waals surface area contributed by atoms with Gasteiger partial charge in [0.2, 0.25) is 5.91 Å². The SMILES string of the molecule is CCn1c(S[C@H](C)C(=O)NC(N)=O)nnc1-c1ccccc1. The Morgan fingerprint density at radius 1 is 1.32 bits per heavy atom. The molecule has 3 N–H and O–H groups in total. The number of hydrogen-bond acceptors (Lipinski definition) is 5. The van der Waals surface area contributed by atoms with Crippen LogP contribution in [-0.2, 0) is 11.3 Å². The molecule has 0 unspecified atom stereocenters. The van der Waals surface area contributed by atoms with Gasteiger partial charge in [0.15, 0.2) is 11.0 Å². The summed E-state index contributed by atoms with van der Waals surface area (Å²) >= 11 is 1.23. The molecule has 0 aliphatic carbocycles. The number of carbonyl (C=O) groups excluding carboxylic acids is 2. The molecule has 1 aromatic carbocycles. The van der Waals surface area contributed by atoms with Crippen LogP contribution in [0.2, 0.25) is 0 Å². The number of rotatable bonds is 5. The fourth-order valence-corrected chi connectivity index (χ4v) is 2.81. The predicted molar refractivity (Wildman–Crippen MR) is 84.2 cm³/mol. The van der Waals surface area contributed by atoms with Crippen molar-refractivity contribution < 1.29 is 9.59 Å². The number of nitrogens with one attached hydrogen (secondary N) is 1. The van der Waals surface area contributed by atoms with Gasteiger partial charge in [-0.1, -0.05) is 42.1 Å². The number of urea groups is 1. The number of primary amides is 1. The summed E-state index contributed by atoms with van der Waals surface area (Å²) in [6.45, 7) is 4.33. The lowest BCUT2D eigenvalue weighted by Gasteiger charge is -2.11. The standard InChI is InChI=1S/C14H17N5O2S/c1-3-19-11(10-7-5-4-6-8-10)17-18-14(19)22-9(2)12(20)16-13(15)21/h4-9H,3H2,1-2H3,(H3,15,16,20,21)/t9-/m1/s1. The number of aromatic nitrogens is 3. The van der Waals surface area contributed by atoms with Gasteiger partial charge in [0.1, 0.15) is 0 Å². The summed E-state index contributed by atoms with van der Waals surface area (Å²) in [6, 6.07) is 8.84. The summed E-state index contributed by atoms with van der Waals surface area (Å²) in [7, 11) is 0. The first-order valence-electron chi connectivity index (χ1n) is 6.78. The van der Waals surface area contributed by atoms with Crippen LogP contribution in [0.5, 0.6) is 0 Å². The number of thioether (sulfide) groups is 1. The van der Waals surface area contributed by atoms with Gasteiger partial charge in [-0.3, -0.25) is 10.1 Å². The van der Waals surface area contributed by atoms with Crippen molar-refractivity contribution in [1.29, 1.82) is 0 Å². The number of benzene rings is 1. The lowest BCUT2D eigenvalue weighted by atomic mass is 10.2. The zero-order valence-electron chi connectivity index (χ0n) is 12.3. The van der Waals surface area contributed by atoms with E-state index in [-0.39, 0.29) is 0 Å². The van der Waals surface area contributed by atoms with E-state index in [1.54, 1.807) is 6.92 Å². The van der Waals surface area contributed by atoms with Crippen LogP contribution in [0.15, 0.2) is 35.5 Å². The average molecular weight is 319 g/mol. The predicted octanol–water partition coefficient (Wildman–Crippen LogP) is 1.64. The first kappa shape index (κ1) is 16.0. The molecular weight excluding hydrogens is 302 g/mol. The monoisotopic (exact) mass is 319 g/mol. The topological polar surface area (TPSA) is 103 Å². The van der Waals surface area contributed by atoms with Crippen molar-refractivity contribution in [3.05, 3.63) is 30.3 Å². The van der Waals surface area contributed by atoms with E-state index in [1.807, 2.05) is 41.8 Å². The highest BCUT2D eigenvalue weighted by molar-refractivity contribution is 8.00. The van der Waals surface area contributed by atoms with Gasteiger partial charge in [0.05, 0.1) is 5.25 Å². The Morgan fingerprint density at radius 2 is 2.00 bits per heavy atom. The van der Waals surface area contributed by atoms with Crippen molar-refractivity contribution >= 4 is 23.7 Å². The van der Waals surface area contributed by atoms with E-state index in [0.717, 1.165) is 11.4 Å². The maximum atomic E-state index is 11.7. The Labute approximate surface area is 132 Å². The third-order valence-electron chi connectivity index (χ3n) is 2.96. The Bertz CT molecular complexity index is 671. The molecule has 0 fully saturated rings. The lowest BCUT2D eigenvalue weighted by molar-refractivity contribution is -0.119. The zero-order chi connectivity index (χ0) is 16.1. The molecule has 2 rings (SSSR count). The zero-order valence-corrected chi connectivity index (χ0v) is 13.1. The number of carbonyl (C=O) groups is 2. The molecule has 0 saturated heterocycles. The van der Waals surface area contributed by atoms with Gasteiger partial charge in [-0.15, -0.1) is 10.2 Å². The van der Waals surface area contributed by atoms with E-state index in [4.69, 9.17) is 5.73 Å². The van der Waals surface area contributed by atoms with Crippen LogP contribution in [0, 0.1) is 0 Å². The minimum Gasteiger partial charge on any atom is -0.351 e. The minimum atomic E-state index is -0.862. The molecular formula is C14H17N5O2S. The number of nitrogens with zero attached hydrogens (tertiary/aromatic N) is 3. The molecule has 0 radical (unpaired) electrons. The largest absolute Gasteiger partial charge is 0.351 e. The van der Waals surface area contributed by atoms with Gasteiger partial charge < -0.3 is 10.3 Å². The first-order valence-corrected chi connectivity index (χ1v) is 7.66. The van der Waals surface area contributed by atoms with Crippen molar-refractivity contribution in [2.24, 2.45) is 5.73 Å². The van der Waals surface area contributed by atoms with Gasteiger partial charge in [-0.25, -0.2) is 4.79 Å². The fourth-order valence-electron chi connectivity index (χ4n) is 1.90. The molecule has 1 heterocycles. The molecule has 116 valence electrons. The molecule has 1 aromatic heterocycles. The number of imide groups is 1. The summed E-state index contributed by atoms with van der Waals surface area (Å²) in [5.41, 5.74) is 5.90. The van der Waals surface area contributed by atoms with E-state index in [2.05, 4.69) is 15.5 Å². The maximum absolute atomic E-state index is 11.7. The molecule has 0 bridgehead atoms. The first-order chi connectivity index (χ1) is 10.5. The molecule has 8 heteroatoms. The highest BCUT2D eigenvalue weighted by Gasteiger charge is 2.20. The van der Waals surface area contributed by atoms with Crippen molar-refractivity contribution in [1.82, 2.24) is 20.1 Å². The molecule has 0 aliphatic rings. The van der Waals surface area contributed by atoms with E-state index >= 15 is 0 Å². The van der Waals surface area contributed by atoms with Gasteiger partial charge in [0.25, 0.3) is 0 Å². The quantitative estimate of drug-likeness (QED) is 0.816. The number of amides is 3. The minimum absolute atomic E-state index is 0.454. The van der Waals surface area contributed by atoms with Gasteiger partial charge >= 0.3 is 6.03 Å². The van der Waals surface area contributed by atoms with E-state index < -0.39 is 17.2 Å². The van der Waals surface area contributed by atoms with Gasteiger partial charge in [0, 0.05) is 12.1 Å². The lowest BCUT2D eigenvalue weighted by Crippen LogP contribution is -2.39. The van der Waals surface area contributed by atoms with Crippen molar-refractivity contribution in [2.75, 3.05) is 0 Å². The highest BCUT2D eigenvalue weighted by atomic mass is 32.2. The second kappa shape index (κ2) is 7.08. The van der Waals surface area contributed by atoms with E-state index in [0.29, 0.717) is 11.7 Å². The smallest absolute Gasteiger partial charge is 0.318 e. The van der Waals surface area contributed by atoms with Gasteiger partial charge in [-0.05, 0) is 13.8 Å². The van der Waals surface area contributed by atoms with Crippen LogP contribution in [0.25, 0.3) is 11.4 Å². The van der Waals surface area contributed by atoms with E-state index in [1.165, 1.54) is 11.8 Å². The molecule has 0 aliphatic heterocycles. The summed E-state index contributed by atoms with van der Waals surface area (Å²) in [5, 5.41) is 10.5. The third kappa shape index (κ3) is 3.64. The molecule has 0 saturated carbocycles. The van der Waals surface area contributed by atoms with Crippen LogP contribution >= 0.6 is 11.8 Å². The molecule has 22 heavy (non-hydrogen) atoms. The molecule has 0 spiro atoms. The second-order valence-electron chi connectivity index (χ2n) is 4.53. The van der Waals surface area contributed by atoms with Crippen LogP contribution < -0.4 is 11.1 Å². The Kier molecular flexibility index (Phi) is 5.16. The van der Waals surface area contributed by atoms with Crippen LogP contribution in [-0.4, -0.2) is 32.0 Å². The third-order valence-corrected chi connectivity index (χ3v) is 4.04. The molecule has 7 nitrogen and oxygen atoms in total. The second-order valence-corrected chi connectivity index (χ2v) is 5.84. The number of hydrogen-bond donors (Lipinski definition) is 2.